The van der Waals surface area contributed by atoms with Crippen LogP contribution in [-0.2, 0) is 22.6 Å². The Kier molecular flexibility index (Phi) is 3.41. The molecule has 6 nitrogen and oxygen atoms in total. The third kappa shape index (κ3) is 2.43. The predicted octanol–water partition coefficient (Wildman–Crippen LogP) is 0.209. The number of rotatable bonds is 3. The van der Waals surface area contributed by atoms with E-state index in [1.807, 2.05) is 12.1 Å². The Morgan fingerprint density at radius 3 is 2.70 bits per heavy atom. The lowest BCUT2D eigenvalue weighted by Crippen LogP contribution is -2.52. The van der Waals surface area contributed by atoms with Gasteiger partial charge in [-0.15, -0.1) is 0 Å². The molecule has 0 radical (unpaired) electrons. The first-order valence-corrected chi connectivity index (χ1v) is 8.09. The van der Waals surface area contributed by atoms with Crippen molar-refractivity contribution in [2.24, 2.45) is 5.92 Å². The lowest BCUT2D eigenvalue weighted by Gasteiger charge is -2.29. The van der Waals surface area contributed by atoms with Gasteiger partial charge in [0, 0.05) is 18.5 Å². The maximum atomic E-state index is 12.7. The molecule has 3 aliphatic rings. The Hall–Kier alpha value is -2.21. The zero-order valence-electron chi connectivity index (χ0n) is 12.8. The topological polar surface area (TPSA) is 78.5 Å². The first-order valence-electron chi connectivity index (χ1n) is 8.09. The monoisotopic (exact) mass is 313 g/mol. The summed E-state index contributed by atoms with van der Waals surface area (Å²) in [5.74, 6) is -0.0786. The molecule has 120 valence electrons. The summed E-state index contributed by atoms with van der Waals surface area (Å²) in [6.45, 7) is 2.51. The Bertz CT molecular complexity index is 696. The van der Waals surface area contributed by atoms with Gasteiger partial charge < -0.3 is 10.2 Å². The van der Waals surface area contributed by atoms with Crippen molar-refractivity contribution in [2.75, 3.05) is 13.1 Å². The van der Waals surface area contributed by atoms with Gasteiger partial charge in [0.05, 0.1) is 0 Å². The maximum Gasteiger partial charge on any atom is 0.255 e. The van der Waals surface area contributed by atoms with Crippen molar-refractivity contribution in [1.29, 1.82) is 0 Å². The van der Waals surface area contributed by atoms with Gasteiger partial charge >= 0.3 is 0 Å². The highest BCUT2D eigenvalue weighted by molar-refractivity contribution is 6.05. The maximum absolute atomic E-state index is 12.7. The molecule has 2 fully saturated rings. The van der Waals surface area contributed by atoms with Gasteiger partial charge in [0.1, 0.15) is 6.04 Å². The van der Waals surface area contributed by atoms with Crippen molar-refractivity contribution < 1.29 is 14.4 Å². The summed E-state index contributed by atoms with van der Waals surface area (Å²) in [7, 11) is 0. The second-order valence-corrected chi connectivity index (χ2v) is 6.57. The number of hydrogen-bond acceptors (Lipinski definition) is 4. The Labute approximate surface area is 134 Å². The lowest BCUT2D eigenvalue weighted by atomic mass is 9.90. The Morgan fingerprint density at radius 2 is 2.00 bits per heavy atom. The highest BCUT2D eigenvalue weighted by atomic mass is 16.2. The summed E-state index contributed by atoms with van der Waals surface area (Å²) in [6, 6.07) is 5.31. The fourth-order valence-electron chi connectivity index (χ4n) is 3.64. The van der Waals surface area contributed by atoms with Crippen LogP contribution in [0.15, 0.2) is 18.2 Å². The molecule has 0 spiro atoms. The molecule has 0 bridgehead atoms. The van der Waals surface area contributed by atoms with E-state index in [1.54, 1.807) is 4.90 Å². The molecular formula is C17H19N3O3. The first kappa shape index (κ1) is 14.4. The molecule has 1 unspecified atom stereocenters. The lowest BCUT2D eigenvalue weighted by molar-refractivity contribution is -0.136. The summed E-state index contributed by atoms with van der Waals surface area (Å²) in [5, 5.41) is 5.60. The number of nitrogens with zero attached hydrogens (tertiary/aromatic N) is 1. The first-order chi connectivity index (χ1) is 11.1. The number of benzene rings is 1. The highest BCUT2D eigenvalue weighted by Gasteiger charge is 2.39. The summed E-state index contributed by atoms with van der Waals surface area (Å²) in [6.07, 6.45) is 1.66. The van der Waals surface area contributed by atoms with E-state index in [9.17, 15) is 14.4 Å². The van der Waals surface area contributed by atoms with Crippen LogP contribution in [0.2, 0.25) is 0 Å². The molecule has 0 aromatic heterocycles. The van der Waals surface area contributed by atoms with Crippen molar-refractivity contribution in [3.63, 3.8) is 0 Å². The quantitative estimate of drug-likeness (QED) is 0.782. The normalized spacial score (nSPS) is 24.4. The third-order valence-corrected chi connectivity index (χ3v) is 5.05. The number of piperidine rings is 1. The van der Waals surface area contributed by atoms with Crippen LogP contribution in [0.25, 0.3) is 0 Å². The molecule has 3 amide bonds. The van der Waals surface area contributed by atoms with Crippen LogP contribution in [0, 0.1) is 5.92 Å². The zero-order chi connectivity index (χ0) is 16.0. The minimum Gasteiger partial charge on any atom is -0.322 e. The second-order valence-electron chi connectivity index (χ2n) is 6.57. The van der Waals surface area contributed by atoms with Crippen LogP contribution in [0.3, 0.4) is 0 Å². The van der Waals surface area contributed by atoms with Gasteiger partial charge in [-0.25, -0.2) is 0 Å². The molecule has 3 aliphatic heterocycles. The van der Waals surface area contributed by atoms with E-state index in [0.29, 0.717) is 24.4 Å². The zero-order valence-corrected chi connectivity index (χ0v) is 12.8. The molecule has 1 aromatic carbocycles. The number of nitrogens with one attached hydrogen (secondary N) is 2. The van der Waals surface area contributed by atoms with Crippen LogP contribution in [-0.4, -0.2) is 41.8 Å². The van der Waals surface area contributed by atoms with Gasteiger partial charge in [0.25, 0.3) is 5.91 Å². The summed E-state index contributed by atoms with van der Waals surface area (Å²) in [4.78, 5) is 37.7. The largest absolute Gasteiger partial charge is 0.322 e. The highest BCUT2D eigenvalue weighted by Crippen LogP contribution is 2.31. The van der Waals surface area contributed by atoms with Gasteiger partial charge in [-0.05, 0) is 49.0 Å². The average Bonchev–Trinajstić information content (AvgIpc) is 2.81. The minimum atomic E-state index is -0.536. The smallest absolute Gasteiger partial charge is 0.255 e. The van der Waals surface area contributed by atoms with Crippen molar-refractivity contribution >= 4 is 17.7 Å². The fraction of sp³-hybridized carbons (Fsp3) is 0.471. The van der Waals surface area contributed by atoms with Crippen LogP contribution in [0.4, 0.5) is 0 Å². The average molecular weight is 313 g/mol. The van der Waals surface area contributed by atoms with Crippen molar-refractivity contribution in [1.82, 2.24) is 15.5 Å². The molecule has 1 aromatic rings. The second kappa shape index (κ2) is 5.45. The molecular weight excluding hydrogens is 294 g/mol. The molecule has 23 heavy (non-hydrogen) atoms. The van der Waals surface area contributed by atoms with Crippen LogP contribution < -0.4 is 10.6 Å². The van der Waals surface area contributed by atoms with Crippen LogP contribution in [0.5, 0.6) is 0 Å². The number of carbonyl (C=O) groups excluding carboxylic acids is 3. The van der Waals surface area contributed by atoms with E-state index in [4.69, 9.17) is 0 Å². The summed E-state index contributed by atoms with van der Waals surface area (Å²) >= 11 is 0. The number of imide groups is 1. The predicted molar refractivity (Wildman–Crippen MR) is 82.6 cm³/mol. The van der Waals surface area contributed by atoms with Gasteiger partial charge in [-0.1, -0.05) is 12.1 Å². The van der Waals surface area contributed by atoms with E-state index in [1.165, 1.54) is 5.56 Å². The molecule has 6 heteroatoms. The third-order valence-electron chi connectivity index (χ3n) is 5.05. The molecule has 3 heterocycles. The number of carbonyl (C=O) groups is 3. The van der Waals surface area contributed by atoms with Crippen LogP contribution in [0.1, 0.15) is 34.3 Å². The molecule has 1 atom stereocenters. The fourth-order valence-corrected chi connectivity index (χ4v) is 3.64. The Balaban J connectivity index is 1.58. The van der Waals surface area contributed by atoms with Crippen molar-refractivity contribution in [2.45, 2.75) is 31.8 Å². The van der Waals surface area contributed by atoms with Gasteiger partial charge in [0.2, 0.25) is 11.8 Å². The molecule has 0 aliphatic carbocycles. The van der Waals surface area contributed by atoms with E-state index in [0.717, 1.165) is 25.1 Å². The SMILES string of the molecule is O=C1CCC(N2Cc3c(CC4CNC4)cccc3C2=O)C(=O)N1. The number of fused-ring (bicyclic) bond motifs is 1. The number of amides is 3. The van der Waals surface area contributed by atoms with Gasteiger partial charge in [-0.2, -0.15) is 0 Å². The van der Waals surface area contributed by atoms with E-state index < -0.39 is 6.04 Å². The molecule has 0 saturated carbocycles. The Morgan fingerprint density at radius 1 is 1.17 bits per heavy atom. The minimum absolute atomic E-state index is 0.0944. The van der Waals surface area contributed by atoms with Crippen molar-refractivity contribution in [3.05, 3.63) is 34.9 Å². The van der Waals surface area contributed by atoms with Gasteiger partial charge in [-0.3, -0.25) is 19.7 Å². The van der Waals surface area contributed by atoms with E-state index in [2.05, 4.69) is 16.7 Å². The van der Waals surface area contributed by atoms with E-state index in [-0.39, 0.29) is 24.1 Å². The number of hydrogen-bond donors (Lipinski definition) is 2. The summed E-state index contributed by atoms with van der Waals surface area (Å²) in [5.41, 5.74) is 2.96. The van der Waals surface area contributed by atoms with Crippen LogP contribution >= 0.6 is 0 Å². The molecule has 4 rings (SSSR count). The standard InChI is InChI=1S/C17H19N3O3/c21-15-5-4-14(16(22)19-15)20-9-13-11(6-10-7-18-8-10)2-1-3-12(13)17(20)23/h1-3,10,14,18H,4-9H2,(H,19,21,22). The van der Waals surface area contributed by atoms with Gasteiger partial charge in [0.15, 0.2) is 0 Å². The molecule has 2 saturated heterocycles. The van der Waals surface area contributed by atoms with Crippen molar-refractivity contribution in [3.8, 4) is 0 Å². The summed E-state index contributed by atoms with van der Waals surface area (Å²) < 4.78 is 0. The molecule has 2 N–H and O–H groups in total. The van der Waals surface area contributed by atoms with E-state index >= 15 is 0 Å².